The van der Waals surface area contributed by atoms with E-state index in [1.807, 2.05) is 0 Å². The van der Waals surface area contributed by atoms with E-state index in [0.29, 0.717) is 12.8 Å². The van der Waals surface area contributed by atoms with Crippen LogP contribution in [0.25, 0.3) is 0 Å². The highest BCUT2D eigenvalue weighted by Gasteiger charge is 2.40. The molecule has 1 aliphatic rings. The Labute approximate surface area is 324 Å². The summed E-state index contributed by atoms with van der Waals surface area (Å²) in [5, 5.41) is 41.4. The van der Waals surface area contributed by atoms with E-state index in [4.69, 9.17) is 28.3 Å². The van der Waals surface area contributed by atoms with Crippen LogP contribution in [-0.2, 0) is 43.2 Å². The quantitative estimate of drug-likeness (QED) is 0.0233. The highest BCUT2D eigenvalue weighted by atomic mass is 16.4. The van der Waals surface area contributed by atoms with Gasteiger partial charge in [0.2, 0.25) is 47.3 Å². The molecular formula is C33H58N12O11. The van der Waals surface area contributed by atoms with E-state index in [-0.39, 0.29) is 64.0 Å². The maximum Gasteiger partial charge on any atom is 0.326 e. The number of primary amides is 2. The topological polar surface area (TPSA) is 397 Å². The first-order valence-electron chi connectivity index (χ1n) is 18.3. The highest BCUT2D eigenvalue weighted by Crippen LogP contribution is 2.21. The summed E-state index contributed by atoms with van der Waals surface area (Å²) in [6.45, 7) is 4.01. The van der Waals surface area contributed by atoms with Crippen molar-refractivity contribution >= 4 is 59.2 Å². The molecule has 1 aliphatic heterocycles. The summed E-state index contributed by atoms with van der Waals surface area (Å²) in [5.41, 5.74) is 21.3. The summed E-state index contributed by atoms with van der Waals surface area (Å²) in [6, 6.07) is -9.16. The van der Waals surface area contributed by atoms with Crippen molar-refractivity contribution in [1.82, 2.24) is 36.8 Å². The van der Waals surface area contributed by atoms with Crippen LogP contribution >= 0.6 is 0 Å². The molecule has 0 bridgehead atoms. The second-order valence-corrected chi connectivity index (χ2v) is 13.6. The Morgan fingerprint density at radius 1 is 0.786 bits per heavy atom. The van der Waals surface area contributed by atoms with Gasteiger partial charge in [0.05, 0.1) is 12.6 Å². The minimum absolute atomic E-state index is 0.00334. The zero-order valence-corrected chi connectivity index (χ0v) is 31.9. The Morgan fingerprint density at radius 3 is 1.93 bits per heavy atom. The van der Waals surface area contributed by atoms with Crippen molar-refractivity contribution < 1.29 is 53.4 Å². The van der Waals surface area contributed by atoms with E-state index in [1.165, 1.54) is 11.8 Å². The second kappa shape index (κ2) is 24.0. The molecule has 0 aromatic rings. The van der Waals surface area contributed by atoms with Crippen LogP contribution in [0.15, 0.2) is 0 Å². The van der Waals surface area contributed by atoms with Crippen LogP contribution < -0.4 is 54.8 Å². The molecule has 0 aromatic carbocycles. The summed E-state index contributed by atoms with van der Waals surface area (Å²) in [4.78, 5) is 115. The van der Waals surface area contributed by atoms with Gasteiger partial charge in [-0.25, -0.2) is 4.79 Å². The number of carboxylic acids is 1. The zero-order chi connectivity index (χ0) is 42.7. The van der Waals surface area contributed by atoms with Crippen molar-refractivity contribution in [2.24, 2.45) is 28.9 Å². The summed E-state index contributed by atoms with van der Waals surface area (Å²) in [5.74, 6) is -8.58. The number of guanidine groups is 1. The number of nitrogens with one attached hydrogen (secondary N) is 7. The number of likely N-dealkylation sites (tertiary alicyclic amines) is 1. The van der Waals surface area contributed by atoms with E-state index in [2.05, 4.69) is 31.9 Å². The van der Waals surface area contributed by atoms with Crippen LogP contribution in [0.1, 0.15) is 78.6 Å². The number of aliphatic hydroxyl groups excluding tert-OH is 1. The van der Waals surface area contributed by atoms with Crippen molar-refractivity contribution in [1.29, 1.82) is 5.41 Å². The molecule has 0 aromatic heterocycles. The molecule has 0 spiro atoms. The number of nitrogens with zero attached hydrogens (tertiary/aromatic N) is 1. The van der Waals surface area contributed by atoms with Crippen LogP contribution in [0.4, 0.5) is 0 Å². The van der Waals surface area contributed by atoms with Gasteiger partial charge in [-0.05, 0) is 51.4 Å². The molecule has 0 saturated carbocycles. The predicted molar refractivity (Wildman–Crippen MR) is 198 cm³/mol. The SMILES string of the molecule is CC[C@H](C)[C@H](NC(=O)[C@@H]1CCCN1C(=O)[C@H](CCC(N)=O)NC(=O)[C@H](CO)NC(=O)[C@H](C)NC(=O)[C@@H](N)CCC(N)=O)C(=O)N[C@@H](CCCNC(=N)N)C(=O)O. The van der Waals surface area contributed by atoms with Gasteiger partial charge in [-0.1, -0.05) is 20.3 Å². The molecule has 0 aliphatic carbocycles. The maximum atomic E-state index is 13.9. The molecule has 1 fully saturated rings. The third kappa shape index (κ3) is 16.4. The maximum absolute atomic E-state index is 13.9. The monoisotopic (exact) mass is 798 g/mol. The summed E-state index contributed by atoms with van der Waals surface area (Å²) in [6.07, 6.45) is 0.224. The average Bonchev–Trinajstić information content (AvgIpc) is 3.63. The number of aliphatic hydroxyl groups is 1. The number of hydrogen-bond donors (Lipinski definition) is 13. The minimum atomic E-state index is -1.64. The molecule has 1 heterocycles. The van der Waals surface area contributed by atoms with E-state index < -0.39 is 108 Å². The molecule has 316 valence electrons. The van der Waals surface area contributed by atoms with Gasteiger partial charge in [0.1, 0.15) is 36.3 Å². The van der Waals surface area contributed by atoms with Crippen molar-refractivity contribution in [2.45, 2.75) is 121 Å². The van der Waals surface area contributed by atoms with E-state index in [1.54, 1.807) is 13.8 Å². The Bertz CT molecular complexity index is 1450. The van der Waals surface area contributed by atoms with E-state index >= 15 is 0 Å². The minimum Gasteiger partial charge on any atom is -0.480 e. The van der Waals surface area contributed by atoms with Crippen molar-refractivity contribution in [3.05, 3.63) is 0 Å². The van der Waals surface area contributed by atoms with Gasteiger partial charge in [-0.3, -0.25) is 43.8 Å². The van der Waals surface area contributed by atoms with Crippen LogP contribution in [0.2, 0.25) is 0 Å². The fourth-order valence-corrected chi connectivity index (χ4v) is 5.62. The van der Waals surface area contributed by atoms with Gasteiger partial charge in [0, 0.05) is 25.9 Å². The first kappa shape index (κ1) is 48.4. The smallest absolute Gasteiger partial charge is 0.326 e. The molecule has 23 nitrogen and oxygen atoms in total. The molecule has 1 rings (SSSR count). The first-order chi connectivity index (χ1) is 26.2. The largest absolute Gasteiger partial charge is 0.480 e. The molecule has 23 heteroatoms. The number of carbonyl (C=O) groups excluding carboxylic acids is 8. The number of hydrogen-bond acceptors (Lipinski definition) is 12. The molecule has 0 unspecified atom stereocenters. The number of amides is 8. The van der Waals surface area contributed by atoms with Gasteiger partial charge in [0.25, 0.3) is 0 Å². The molecule has 0 radical (unpaired) electrons. The fraction of sp³-hybridized carbons (Fsp3) is 0.697. The standard InChI is InChI=1S/C33H58N12O11/c1-4-16(2)25(30(53)42-20(32(55)56)7-5-13-39-33(37)38)44-29(52)22-8-6-14-45(22)31(54)19(10-12-24(36)48)41-28(51)21(15-46)43-26(49)17(3)40-27(50)18(34)9-11-23(35)47/h16-22,25,46H,4-15,34H2,1-3H3,(H2,35,47)(H2,36,48)(H,40,50)(H,41,51)(H,42,53)(H,43,49)(H,44,52)(H,55,56)(H4,37,38,39)/t16-,17-,18-,19-,20-,21-,22-,25-/m0/s1. The Balaban J connectivity index is 3.11. The van der Waals surface area contributed by atoms with Gasteiger partial charge in [-0.15, -0.1) is 0 Å². The van der Waals surface area contributed by atoms with Crippen LogP contribution in [0, 0.1) is 11.3 Å². The van der Waals surface area contributed by atoms with Crippen LogP contribution in [-0.4, -0.2) is 136 Å². The summed E-state index contributed by atoms with van der Waals surface area (Å²) in [7, 11) is 0. The molecule has 8 atom stereocenters. The molecule has 8 amide bonds. The van der Waals surface area contributed by atoms with Gasteiger partial charge < -0.3 is 69.9 Å². The second-order valence-electron chi connectivity index (χ2n) is 13.6. The average molecular weight is 799 g/mol. The summed E-state index contributed by atoms with van der Waals surface area (Å²) >= 11 is 0. The van der Waals surface area contributed by atoms with Crippen molar-refractivity contribution in [2.75, 3.05) is 19.7 Å². The number of carboxylic acid groups (broad SMARTS) is 1. The highest BCUT2D eigenvalue weighted by molar-refractivity contribution is 5.97. The van der Waals surface area contributed by atoms with Crippen LogP contribution in [0.3, 0.4) is 0 Å². The molecule has 1 saturated heterocycles. The lowest BCUT2D eigenvalue weighted by Crippen LogP contribution is -2.60. The summed E-state index contributed by atoms with van der Waals surface area (Å²) < 4.78 is 0. The van der Waals surface area contributed by atoms with Gasteiger partial charge >= 0.3 is 5.97 Å². The fourth-order valence-electron chi connectivity index (χ4n) is 5.62. The van der Waals surface area contributed by atoms with Crippen LogP contribution in [0.5, 0.6) is 0 Å². The lowest BCUT2D eigenvalue weighted by Gasteiger charge is -2.31. The van der Waals surface area contributed by atoms with Gasteiger partial charge in [0.15, 0.2) is 5.96 Å². The third-order valence-corrected chi connectivity index (χ3v) is 9.13. The Kier molecular flexibility index (Phi) is 20.8. The van der Waals surface area contributed by atoms with Crippen molar-refractivity contribution in [3.8, 4) is 0 Å². The van der Waals surface area contributed by atoms with E-state index in [0.717, 1.165) is 0 Å². The Morgan fingerprint density at radius 2 is 1.38 bits per heavy atom. The molecule has 56 heavy (non-hydrogen) atoms. The number of aliphatic carboxylic acids is 1. The predicted octanol–water partition coefficient (Wildman–Crippen LogP) is -5.33. The lowest BCUT2D eigenvalue weighted by atomic mass is 9.97. The lowest BCUT2D eigenvalue weighted by molar-refractivity contribution is -0.144. The molecular weight excluding hydrogens is 740 g/mol. The van der Waals surface area contributed by atoms with Crippen molar-refractivity contribution in [3.63, 3.8) is 0 Å². The Hall–Kier alpha value is -5.58. The number of nitrogens with two attached hydrogens (primary N) is 4. The van der Waals surface area contributed by atoms with E-state index in [9.17, 15) is 53.4 Å². The normalized spacial score (nSPS) is 17.4. The third-order valence-electron chi connectivity index (χ3n) is 9.13. The van der Waals surface area contributed by atoms with Gasteiger partial charge in [-0.2, -0.15) is 0 Å². The molecule has 17 N–H and O–H groups in total. The number of rotatable bonds is 25. The number of carbonyl (C=O) groups is 9. The first-order valence-corrected chi connectivity index (χ1v) is 18.3. The zero-order valence-electron chi connectivity index (χ0n) is 31.9.